The lowest BCUT2D eigenvalue weighted by Gasteiger charge is -2.20. The molecule has 1 atom stereocenters. The van der Waals surface area contributed by atoms with Gasteiger partial charge in [0, 0.05) is 11.3 Å². The fourth-order valence-electron chi connectivity index (χ4n) is 2.78. The number of hydrogen-bond acceptors (Lipinski definition) is 2. The lowest BCUT2D eigenvalue weighted by Crippen LogP contribution is -2.33. The van der Waals surface area contributed by atoms with Crippen molar-refractivity contribution in [2.45, 2.75) is 6.92 Å². The van der Waals surface area contributed by atoms with Crippen LogP contribution in [0.25, 0.3) is 0 Å². The van der Waals surface area contributed by atoms with Crippen LogP contribution in [-0.2, 0) is 9.53 Å². The summed E-state index contributed by atoms with van der Waals surface area (Å²) in [5, 5.41) is 2.92. The second-order valence-corrected chi connectivity index (χ2v) is 4.75. The van der Waals surface area contributed by atoms with E-state index in [2.05, 4.69) is 25.1 Å². The van der Waals surface area contributed by atoms with Gasteiger partial charge in [-0.15, -0.1) is 0 Å². The van der Waals surface area contributed by atoms with Crippen LogP contribution < -0.4 is 5.32 Å². The minimum Gasteiger partial charge on any atom is -0.491 e. The van der Waals surface area contributed by atoms with Crippen molar-refractivity contribution in [1.82, 2.24) is 5.32 Å². The molecule has 1 amide bonds. The van der Waals surface area contributed by atoms with Gasteiger partial charge < -0.3 is 10.1 Å². The molecular formula is C18H19NO2. The predicted octanol–water partition coefficient (Wildman–Crippen LogP) is 3.33. The van der Waals surface area contributed by atoms with Gasteiger partial charge in [0.05, 0.1) is 0 Å². The van der Waals surface area contributed by atoms with Crippen LogP contribution in [0.3, 0.4) is 0 Å². The van der Waals surface area contributed by atoms with E-state index in [-0.39, 0.29) is 12.5 Å². The van der Waals surface area contributed by atoms with E-state index >= 15 is 0 Å². The minimum absolute atomic E-state index is 0.0933. The number of carbonyl (C=O) groups is 1. The average Bonchev–Trinajstić information content (AvgIpc) is 2.95. The smallest absolute Gasteiger partial charge is 0.243 e. The Bertz CT molecular complexity index is 632. The lowest BCUT2D eigenvalue weighted by molar-refractivity contribution is -0.125. The molecule has 0 aromatic heterocycles. The van der Waals surface area contributed by atoms with Crippen molar-refractivity contribution >= 4 is 5.91 Å². The average molecular weight is 281 g/mol. The Hall–Kier alpha value is -2.55. The second-order valence-electron chi connectivity index (χ2n) is 4.75. The molecule has 21 heavy (non-hydrogen) atoms. The maximum absolute atomic E-state index is 12.7. The van der Waals surface area contributed by atoms with E-state index in [1.807, 2.05) is 25.2 Å². The van der Waals surface area contributed by atoms with Crippen molar-refractivity contribution in [3.05, 3.63) is 84.9 Å². The summed E-state index contributed by atoms with van der Waals surface area (Å²) in [6, 6.07) is 0. The Morgan fingerprint density at radius 3 is 2.29 bits per heavy atom. The molecule has 0 aromatic carbocycles. The molecule has 2 saturated heterocycles. The van der Waals surface area contributed by atoms with Gasteiger partial charge in [-0.05, 0) is 18.6 Å². The van der Waals surface area contributed by atoms with Crippen LogP contribution in [0.4, 0.5) is 0 Å². The molecular weight excluding hydrogens is 262 g/mol. The summed E-state index contributed by atoms with van der Waals surface area (Å²) in [5.74, 6) is 0.552. The molecule has 0 saturated carbocycles. The number of nitrogens with one attached hydrogen (secondary N) is 1. The van der Waals surface area contributed by atoms with E-state index in [1.54, 1.807) is 24.3 Å². The van der Waals surface area contributed by atoms with Crippen LogP contribution in [0.2, 0.25) is 0 Å². The van der Waals surface area contributed by atoms with Crippen LogP contribution in [0.1, 0.15) is 6.92 Å². The quantitative estimate of drug-likeness (QED) is 0.861. The van der Waals surface area contributed by atoms with Crippen LogP contribution >= 0.6 is 0 Å². The van der Waals surface area contributed by atoms with Crippen molar-refractivity contribution in [1.29, 1.82) is 0 Å². The summed E-state index contributed by atoms with van der Waals surface area (Å²) in [7, 11) is 0. The molecule has 0 unspecified atom stereocenters. The van der Waals surface area contributed by atoms with E-state index in [0.717, 1.165) is 16.8 Å². The van der Waals surface area contributed by atoms with Crippen LogP contribution in [0, 0.1) is 5.41 Å². The first kappa shape index (κ1) is 14.9. The Kier molecular flexibility index (Phi) is 4.13. The second kappa shape index (κ2) is 5.83. The topological polar surface area (TPSA) is 38.3 Å². The maximum Gasteiger partial charge on any atom is 0.243 e. The van der Waals surface area contributed by atoms with Gasteiger partial charge in [-0.25, -0.2) is 0 Å². The van der Waals surface area contributed by atoms with E-state index in [4.69, 9.17) is 4.74 Å². The van der Waals surface area contributed by atoms with Gasteiger partial charge in [-0.2, -0.15) is 0 Å². The van der Waals surface area contributed by atoms with E-state index in [9.17, 15) is 4.79 Å². The predicted molar refractivity (Wildman–Crippen MR) is 85.1 cm³/mol. The zero-order valence-corrected chi connectivity index (χ0v) is 12.2. The Labute approximate surface area is 125 Å². The molecule has 1 N–H and O–H groups in total. The molecule has 2 heterocycles. The normalized spacial score (nSPS) is 32.0. The summed E-state index contributed by atoms with van der Waals surface area (Å²) in [4.78, 5) is 12.7. The molecule has 0 bridgehead atoms. The number of carbonyl (C=O) groups excluding carboxylic acids is 1. The van der Waals surface area contributed by atoms with Crippen molar-refractivity contribution in [2.24, 2.45) is 5.41 Å². The van der Waals surface area contributed by atoms with Gasteiger partial charge in [-0.1, -0.05) is 56.2 Å². The van der Waals surface area contributed by atoms with Crippen molar-refractivity contribution in [3.8, 4) is 0 Å². The monoisotopic (exact) mass is 281 g/mol. The molecule has 2 aliphatic heterocycles. The van der Waals surface area contributed by atoms with Crippen molar-refractivity contribution < 1.29 is 9.53 Å². The van der Waals surface area contributed by atoms with Crippen molar-refractivity contribution in [2.75, 3.05) is 6.61 Å². The summed E-state index contributed by atoms with van der Waals surface area (Å²) in [5.41, 5.74) is 1.60. The Morgan fingerprint density at radius 2 is 1.71 bits per heavy atom. The molecule has 0 aliphatic carbocycles. The van der Waals surface area contributed by atoms with E-state index in [0.29, 0.717) is 5.76 Å². The number of hydrogen-bond donors (Lipinski definition) is 1. The highest BCUT2D eigenvalue weighted by Gasteiger charge is 2.56. The molecule has 1 spiro atoms. The first-order valence-corrected chi connectivity index (χ1v) is 6.76. The highest BCUT2D eigenvalue weighted by atomic mass is 16.5. The number of allylic oxidation sites excluding steroid dienone is 9. The molecule has 2 aliphatic rings. The number of rotatable bonds is 3. The summed E-state index contributed by atoms with van der Waals surface area (Å²) < 4.78 is 5.75. The molecule has 3 heteroatoms. The van der Waals surface area contributed by atoms with Crippen LogP contribution in [0.5, 0.6) is 0 Å². The standard InChI is InChI=1S/C18H19NO2/c1-5-9-13-15(8-4)19-17(20)18(13)12-21-16(11-7-3)14(18)10-6-2/h5-11H,1-3,12H2,4H3,(H,19,20)/b13-9+,14-10+,15-8+,16-11+/t18-/m0/s1. The number of ether oxygens (including phenoxy) is 1. The largest absolute Gasteiger partial charge is 0.491 e. The molecule has 3 nitrogen and oxygen atoms in total. The maximum atomic E-state index is 12.7. The minimum atomic E-state index is -0.848. The summed E-state index contributed by atoms with van der Waals surface area (Å²) in [6.07, 6.45) is 12.3. The van der Waals surface area contributed by atoms with Gasteiger partial charge in [0.25, 0.3) is 0 Å². The van der Waals surface area contributed by atoms with Gasteiger partial charge in [0.1, 0.15) is 17.8 Å². The lowest BCUT2D eigenvalue weighted by atomic mass is 9.75. The highest BCUT2D eigenvalue weighted by Crippen LogP contribution is 2.51. The Balaban J connectivity index is 2.71. The third-order valence-electron chi connectivity index (χ3n) is 3.68. The molecule has 0 aromatic rings. The third kappa shape index (κ3) is 2.11. The fraction of sp³-hybridized carbons (Fsp3) is 0.167. The van der Waals surface area contributed by atoms with E-state index < -0.39 is 5.41 Å². The number of amides is 1. The van der Waals surface area contributed by atoms with E-state index in [1.165, 1.54) is 0 Å². The molecule has 2 rings (SSSR count). The SMILES string of the molecule is C=C/C=C1\C(=C/C)NC(=O)[C@@]12COC(=C/C=C)/C2=C\C=C. The van der Waals surface area contributed by atoms with Gasteiger partial charge >= 0.3 is 0 Å². The first-order chi connectivity index (χ1) is 10.1. The molecule has 2 fully saturated rings. The first-order valence-electron chi connectivity index (χ1n) is 6.76. The van der Waals surface area contributed by atoms with Crippen LogP contribution in [-0.4, -0.2) is 12.5 Å². The summed E-state index contributed by atoms with van der Waals surface area (Å²) >= 11 is 0. The third-order valence-corrected chi connectivity index (χ3v) is 3.68. The van der Waals surface area contributed by atoms with Crippen molar-refractivity contribution in [3.63, 3.8) is 0 Å². The zero-order chi connectivity index (χ0) is 15.5. The zero-order valence-electron chi connectivity index (χ0n) is 12.2. The van der Waals surface area contributed by atoms with Gasteiger partial charge in [0.15, 0.2) is 0 Å². The highest BCUT2D eigenvalue weighted by molar-refractivity contribution is 5.98. The fourth-order valence-corrected chi connectivity index (χ4v) is 2.78. The van der Waals surface area contributed by atoms with Crippen LogP contribution in [0.15, 0.2) is 84.9 Å². The molecule has 0 radical (unpaired) electrons. The van der Waals surface area contributed by atoms with Gasteiger partial charge in [-0.3, -0.25) is 4.79 Å². The summed E-state index contributed by atoms with van der Waals surface area (Å²) in [6.45, 7) is 13.3. The Morgan fingerprint density at radius 1 is 1.10 bits per heavy atom. The molecule has 108 valence electrons. The van der Waals surface area contributed by atoms with Gasteiger partial charge in [0.2, 0.25) is 5.91 Å².